The summed E-state index contributed by atoms with van der Waals surface area (Å²) in [6.07, 6.45) is 0. The second-order valence-electron chi connectivity index (χ2n) is 2.13. The number of hydrogen-bond acceptors (Lipinski definition) is 2. The van der Waals surface area contributed by atoms with Gasteiger partial charge >= 0.3 is 0 Å². The maximum atomic E-state index is 5.80. The summed E-state index contributed by atoms with van der Waals surface area (Å²) >= 11 is 9.94. The highest BCUT2D eigenvalue weighted by Gasteiger charge is 1.99. The molecule has 0 saturated carbocycles. The number of halogens is 1. The van der Waals surface area contributed by atoms with E-state index >= 15 is 0 Å². The first kappa shape index (κ1) is 8.75. The van der Waals surface area contributed by atoms with E-state index in [1.165, 1.54) is 0 Å². The Morgan fingerprint density at radius 3 is 2.82 bits per heavy atom. The van der Waals surface area contributed by atoms with Crippen LogP contribution in [0.1, 0.15) is 5.56 Å². The van der Waals surface area contributed by atoms with Gasteiger partial charge in [0, 0.05) is 5.75 Å². The van der Waals surface area contributed by atoms with E-state index in [-0.39, 0.29) is 0 Å². The van der Waals surface area contributed by atoms with Crippen molar-refractivity contribution in [3.63, 3.8) is 0 Å². The quantitative estimate of drug-likeness (QED) is 0.703. The summed E-state index contributed by atoms with van der Waals surface area (Å²) in [5.41, 5.74) is 1.11. The summed E-state index contributed by atoms with van der Waals surface area (Å²) in [5, 5.41) is 0.637. The first-order valence-electron chi connectivity index (χ1n) is 3.21. The van der Waals surface area contributed by atoms with Crippen molar-refractivity contribution >= 4 is 24.2 Å². The zero-order valence-electron chi connectivity index (χ0n) is 6.17. The van der Waals surface area contributed by atoms with E-state index < -0.39 is 0 Å². The highest BCUT2D eigenvalue weighted by Crippen LogP contribution is 2.25. The lowest BCUT2D eigenvalue weighted by molar-refractivity contribution is 0.414. The molecule has 1 nitrogen and oxygen atoms in total. The Morgan fingerprint density at radius 1 is 1.55 bits per heavy atom. The van der Waals surface area contributed by atoms with E-state index in [0.29, 0.717) is 16.5 Å². The van der Waals surface area contributed by atoms with Gasteiger partial charge in [0.05, 0.1) is 12.1 Å². The lowest BCUT2D eigenvalue weighted by Gasteiger charge is -2.03. The smallest absolute Gasteiger partial charge is 0.137 e. The highest BCUT2D eigenvalue weighted by molar-refractivity contribution is 7.79. The van der Waals surface area contributed by atoms with Crippen molar-refractivity contribution in [2.75, 3.05) is 7.11 Å². The number of rotatable bonds is 2. The van der Waals surface area contributed by atoms with E-state index in [1.54, 1.807) is 7.11 Å². The van der Waals surface area contributed by atoms with Crippen molar-refractivity contribution in [1.82, 2.24) is 0 Å². The molecule has 3 heteroatoms. The number of benzene rings is 1. The molecule has 0 atom stereocenters. The Bertz CT molecular complexity index is 250. The molecule has 0 radical (unpaired) electrons. The van der Waals surface area contributed by atoms with Gasteiger partial charge in [0.2, 0.25) is 0 Å². The molecule has 0 fully saturated rings. The molecule has 0 bridgehead atoms. The minimum atomic E-state index is 0.637. The van der Waals surface area contributed by atoms with Gasteiger partial charge in [-0.15, -0.1) is 0 Å². The molecular weight excluding hydrogens is 180 g/mol. The van der Waals surface area contributed by atoms with Crippen LogP contribution in [0.5, 0.6) is 5.75 Å². The van der Waals surface area contributed by atoms with Crippen LogP contribution in [0, 0.1) is 0 Å². The molecule has 0 saturated heterocycles. The summed E-state index contributed by atoms with van der Waals surface area (Å²) in [6, 6.07) is 5.62. The van der Waals surface area contributed by atoms with Crippen LogP contribution < -0.4 is 4.74 Å². The Hall–Kier alpha value is -0.340. The number of methoxy groups -OCH3 is 1. The lowest BCUT2D eigenvalue weighted by atomic mass is 10.2. The number of ether oxygens (including phenoxy) is 1. The van der Waals surface area contributed by atoms with Crippen LogP contribution in [0.4, 0.5) is 0 Å². The molecule has 11 heavy (non-hydrogen) atoms. The van der Waals surface area contributed by atoms with Crippen LogP contribution >= 0.6 is 24.2 Å². The minimum Gasteiger partial charge on any atom is -0.495 e. The Morgan fingerprint density at radius 2 is 2.27 bits per heavy atom. The molecule has 1 aromatic carbocycles. The zero-order valence-corrected chi connectivity index (χ0v) is 7.82. The second kappa shape index (κ2) is 3.88. The predicted molar refractivity (Wildman–Crippen MR) is 50.7 cm³/mol. The van der Waals surface area contributed by atoms with Crippen molar-refractivity contribution in [3.8, 4) is 5.75 Å². The van der Waals surface area contributed by atoms with Crippen molar-refractivity contribution in [3.05, 3.63) is 28.8 Å². The molecule has 60 valence electrons. The van der Waals surface area contributed by atoms with Gasteiger partial charge < -0.3 is 4.74 Å². The van der Waals surface area contributed by atoms with Gasteiger partial charge in [0.1, 0.15) is 5.75 Å². The molecule has 0 amide bonds. The van der Waals surface area contributed by atoms with Crippen LogP contribution in [-0.4, -0.2) is 7.11 Å². The third-order valence-electron chi connectivity index (χ3n) is 1.40. The standard InChI is InChI=1S/C8H9ClOS/c1-10-8-4-6(5-11)2-3-7(8)9/h2-4,11H,5H2,1H3. The molecule has 1 rings (SSSR count). The summed E-state index contributed by atoms with van der Waals surface area (Å²) in [6.45, 7) is 0. The fourth-order valence-corrected chi connectivity index (χ4v) is 1.19. The summed E-state index contributed by atoms with van der Waals surface area (Å²) in [4.78, 5) is 0. The van der Waals surface area contributed by atoms with E-state index in [1.807, 2.05) is 18.2 Å². The fraction of sp³-hybridized carbons (Fsp3) is 0.250. The molecular formula is C8H9ClOS. The third kappa shape index (κ3) is 2.04. The Kier molecular flexibility index (Phi) is 3.09. The monoisotopic (exact) mass is 188 g/mol. The van der Waals surface area contributed by atoms with Gasteiger partial charge in [-0.3, -0.25) is 0 Å². The first-order valence-corrected chi connectivity index (χ1v) is 4.22. The van der Waals surface area contributed by atoms with Crippen LogP contribution in [0.2, 0.25) is 5.02 Å². The van der Waals surface area contributed by atoms with Crippen LogP contribution in [0.3, 0.4) is 0 Å². The number of hydrogen-bond donors (Lipinski definition) is 1. The summed E-state index contributed by atoms with van der Waals surface area (Å²) in [7, 11) is 1.60. The van der Waals surface area contributed by atoms with Crippen molar-refractivity contribution < 1.29 is 4.74 Å². The maximum Gasteiger partial charge on any atom is 0.137 e. The summed E-state index contributed by atoms with van der Waals surface area (Å²) < 4.78 is 5.02. The van der Waals surface area contributed by atoms with Crippen molar-refractivity contribution in [2.45, 2.75) is 5.75 Å². The zero-order chi connectivity index (χ0) is 8.27. The number of thiol groups is 1. The van der Waals surface area contributed by atoms with Crippen LogP contribution in [-0.2, 0) is 5.75 Å². The molecule has 1 aromatic rings. The summed E-state index contributed by atoms with van der Waals surface area (Å²) in [5.74, 6) is 1.41. The average Bonchev–Trinajstić information content (AvgIpc) is 2.05. The maximum absolute atomic E-state index is 5.80. The topological polar surface area (TPSA) is 9.23 Å². The van der Waals surface area contributed by atoms with Crippen molar-refractivity contribution in [2.24, 2.45) is 0 Å². The third-order valence-corrected chi connectivity index (χ3v) is 2.08. The molecule has 0 spiro atoms. The van der Waals surface area contributed by atoms with Crippen molar-refractivity contribution in [1.29, 1.82) is 0 Å². The van der Waals surface area contributed by atoms with E-state index in [0.717, 1.165) is 5.56 Å². The Balaban J connectivity index is 3.02. The van der Waals surface area contributed by atoms with Gasteiger partial charge in [-0.05, 0) is 17.7 Å². The van der Waals surface area contributed by atoms with Gasteiger partial charge in [-0.2, -0.15) is 12.6 Å². The largest absolute Gasteiger partial charge is 0.495 e. The Labute approximate surface area is 76.7 Å². The molecule has 0 aromatic heterocycles. The fourth-order valence-electron chi connectivity index (χ4n) is 0.803. The normalized spacial score (nSPS) is 9.73. The highest BCUT2D eigenvalue weighted by atomic mass is 35.5. The van der Waals surface area contributed by atoms with E-state index in [4.69, 9.17) is 16.3 Å². The molecule has 0 N–H and O–H groups in total. The van der Waals surface area contributed by atoms with Gasteiger partial charge in [0.15, 0.2) is 0 Å². The van der Waals surface area contributed by atoms with E-state index in [9.17, 15) is 0 Å². The van der Waals surface area contributed by atoms with Crippen LogP contribution in [0.15, 0.2) is 18.2 Å². The SMILES string of the molecule is COc1cc(CS)ccc1Cl. The molecule has 0 unspecified atom stereocenters. The second-order valence-corrected chi connectivity index (χ2v) is 2.85. The van der Waals surface area contributed by atoms with Gasteiger partial charge in [-0.1, -0.05) is 17.7 Å². The van der Waals surface area contributed by atoms with Gasteiger partial charge in [0.25, 0.3) is 0 Å². The average molecular weight is 189 g/mol. The minimum absolute atomic E-state index is 0.637. The first-order chi connectivity index (χ1) is 5.27. The molecule has 0 aliphatic carbocycles. The van der Waals surface area contributed by atoms with Crippen LogP contribution in [0.25, 0.3) is 0 Å². The lowest BCUT2D eigenvalue weighted by Crippen LogP contribution is -1.85. The van der Waals surface area contributed by atoms with E-state index in [2.05, 4.69) is 12.6 Å². The molecule has 0 aliphatic rings. The molecule has 0 aliphatic heterocycles. The molecule has 0 heterocycles. The van der Waals surface area contributed by atoms with Gasteiger partial charge in [-0.25, -0.2) is 0 Å². The predicted octanol–water partition coefficient (Wildman–Crippen LogP) is 2.78.